The minimum absolute atomic E-state index is 0.317. The van der Waals surface area contributed by atoms with Crippen molar-refractivity contribution in [2.45, 2.75) is 64.1 Å². The summed E-state index contributed by atoms with van der Waals surface area (Å²) in [6.45, 7) is 10.5. The average molecular weight is 973 g/mol. The van der Waals surface area contributed by atoms with E-state index in [1.807, 2.05) is 48.5 Å². The van der Waals surface area contributed by atoms with E-state index in [-0.39, 0.29) is 0 Å². The number of rotatable bonds is 15. The topological polar surface area (TPSA) is 37.0 Å². The average Bonchev–Trinajstić information content (AvgIpc) is 3.52. The van der Waals surface area contributed by atoms with Gasteiger partial charge >= 0.3 is 0 Å². The molecule has 0 amide bonds. The Bertz CT molecular complexity index is 2270. The van der Waals surface area contributed by atoms with Crippen molar-refractivity contribution < 1.29 is 0 Å². The highest BCUT2D eigenvalue weighted by atomic mass is 35.5. The molecule has 6 aromatic rings. The number of aryl methyl sites for hydroxylation is 2. The van der Waals surface area contributed by atoms with Crippen LogP contribution in [-0.2, 0) is 25.9 Å². The second kappa shape index (κ2) is 27.3. The summed E-state index contributed by atoms with van der Waals surface area (Å²) in [7, 11) is 6.48. The van der Waals surface area contributed by atoms with Crippen LogP contribution in [0.2, 0.25) is 15.1 Å². The molecule has 2 aliphatic heterocycles. The summed E-state index contributed by atoms with van der Waals surface area (Å²) in [4.78, 5) is 9.73. The number of nitrogens with one attached hydrogen (secondary N) is 2. The number of hydrogen-bond donors (Lipinski definition) is 2. The first-order valence-corrected chi connectivity index (χ1v) is 26.0. The number of para-hydroxylation sites is 2. The van der Waals surface area contributed by atoms with Crippen molar-refractivity contribution in [3.63, 3.8) is 0 Å². The molecule has 360 valence electrons. The minimum Gasteiger partial charge on any atom is -0.341 e. The largest absolute Gasteiger partial charge is 0.341 e. The van der Waals surface area contributed by atoms with E-state index in [4.69, 9.17) is 34.8 Å². The highest BCUT2D eigenvalue weighted by molar-refractivity contribution is 6.31. The molecule has 6 nitrogen and oxygen atoms in total. The van der Waals surface area contributed by atoms with Gasteiger partial charge in [0.1, 0.15) is 0 Å². The minimum atomic E-state index is 0.317. The van der Waals surface area contributed by atoms with Crippen LogP contribution in [0.4, 0.5) is 11.4 Å². The maximum atomic E-state index is 6.21. The van der Waals surface area contributed by atoms with Crippen LogP contribution in [-0.4, -0.2) is 88.2 Å². The van der Waals surface area contributed by atoms with Crippen LogP contribution < -0.4 is 15.5 Å². The normalized spacial score (nSPS) is 17.7. The highest BCUT2D eigenvalue weighted by Crippen LogP contribution is 2.36. The molecule has 1 aliphatic carbocycles. The molecule has 9 rings (SSSR count). The summed E-state index contributed by atoms with van der Waals surface area (Å²) >= 11 is 18.5. The maximum absolute atomic E-state index is 6.21. The van der Waals surface area contributed by atoms with Gasteiger partial charge in [-0.05, 0) is 167 Å². The number of piperazine rings is 1. The number of hydrogen-bond acceptors (Lipinski definition) is 6. The van der Waals surface area contributed by atoms with Crippen LogP contribution in [0.15, 0.2) is 152 Å². The van der Waals surface area contributed by atoms with Gasteiger partial charge in [-0.3, -0.25) is 4.90 Å². The first-order valence-electron chi connectivity index (χ1n) is 24.9. The van der Waals surface area contributed by atoms with Gasteiger partial charge in [0.25, 0.3) is 0 Å². The molecule has 6 aromatic carbocycles. The molecule has 1 saturated heterocycles. The van der Waals surface area contributed by atoms with Gasteiger partial charge < -0.3 is 25.3 Å². The lowest BCUT2D eigenvalue weighted by Crippen LogP contribution is -2.46. The highest BCUT2D eigenvalue weighted by Gasteiger charge is 2.26. The number of halogens is 3. The van der Waals surface area contributed by atoms with Crippen LogP contribution in [0.25, 0.3) is 0 Å². The van der Waals surface area contributed by atoms with Crippen LogP contribution in [0, 0.1) is 11.8 Å². The van der Waals surface area contributed by atoms with E-state index in [1.165, 1.54) is 76.9 Å². The molecule has 68 heavy (non-hydrogen) atoms. The van der Waals surface area contributed by atoms with Gasteiger partial charge in [0.2, 0.25) is 0 Å². The molecule has 0 spiro atoms. The summed E-state index contributed by atoms with van der Waals surface area (Å²) in [6.07, 6.45) is 8.70. The summed E-state index contributed by atoms with van der Waals surface area (Å²) in [5.41, 5.74) is 10.8. The monoisotopic (exact) mass is 970 g/mol. The second-order valence-electron chi connectivity index (χ2n) is 19.1. The predicted octanol–water partition coefficient (Wildman–Crippen LogP) is 13.2. The molecule has 2 heterocycles. The number of likely N-dealkylation sites (N-methyl/N-ethyl adjacent to an activating group) is 1. The zero-order chi connectivity index (χ0) is 47.5. The Kier molecular flexibility index (Phi) is 20.7. The van der Waals surface area contributed by atoms with Crippen LogP contribution in [0.1, 0.15) is 71.5 Å². The molecule has 0 bridgehead atoms. The van der Waals surface area contributed by atoms with E-state index in [0.29, 0.717) is 6.04 Å². The van der Waals surface area contributed by atoms with Gasteiger partial charge in [-0.25, -0.2) is 0 Å². The third-order valence-corrected chi connectivity index (χ3v) is 14.8. The van der Waals surface area contributed by atoms with Crippen LogP contribution in [0.5, 0.6) is 0 Å². The Labute approximate surface area is 423 Å². The van der Waals surface area contributed by atoms with E-state index in [0.717, 1.165) is 105 Å². The van der Waals surface area contributed by atoms with Crippen molar-refractivity contribution in [1.82, 2.24) is 25.3 Å². The number of benzene rings is 6. The fourth-order valence-electron chi connectivity index (χ4n) is 9.88. The predicted molar refractivity (Wildman–Crippen MR) is 291 cm³/mol. The Balaban J connectivity index is 0.000000152. The fraction of sp³-hybridized carbons (Fsp3) is 0.390. The first kappa shape index (κ1) is 51.6. The molecule has 3 aliphatic rings. The first-order chi connectivity index (χ1) is 33.2. The summed E-state index contributed by atoms with van der Waals surface area (Å²) in [6, 6.07) is 53.2. The van der Waals surface area contributed by atoms with Gasteiger partial charge in [0.05, 0.1) is 6.04 Å². The fourth-order valence-corrected chi connectivity index (χ4v) is 10.4. The Hall–Kier alpha value is -4.21. The maximum Gasteiger partial charge on any atom is 0.0602 e. The Morgan fingerprint density at radius 3 is 1.50 bits per heavy atom. The van der Waals surface area contributed by atoms with Gasteiger partial charge in [-0.15, -0.1) is 0 Å². The number of nitrogens with zero attached hydrogens (tertiary/aromatic N) is 4. The van der Waals surface area contributed by atoms with Crippen LogP contribution in [0.3, 0.4) is 0 Å². The molecule has 1 unspecified atom stereocenters. The van der Waals surface area contributed by atoms with E-state index in [2.05, 4.69) is 155 Å². The number of fused-ring (bicyclic) bond motifs is 2. The smallest absolute Gasteiger partial charge is 0.0602 e. The summed E-state index contributed by atoms with van der Waals surface area (Å²) in [5.74, 6) is 1.58. The Morgan fingerprint density at radius 1 is 0.544 bits per heavy atom. The summed E-state index contributed by atoms with van der Waals surface area (Å²) < 4.78 is 0. The molecule has 0 radical (unpaired) electrons. The van der Waals surface area contributed by atoms with Crippen molar-refractivity contribution in [2.75, 3.05) is 78.4 Å². The molecule has 9 heteroatoms. The molecular formula is C59H73Cl3N6. The lowest BCUT2D eigenvalue weighted by molar-refractivity contribution is 0.127. The molecule has 1 atom stereocenters. The third kappa shape index (κ3) is 15.7. The van der Waals surface area contributed by atoms with Gasteiger partial charge in [0.15, 0.2) is 0 Å². The second-order valence-corrected chi connectivity index (χ2v) is 20.4. The van der Waals surface area contributed by atoms with Crippen LogP contribution >= 0.6 is 34.8 Å². The quantitative estimate of drug-likeness (QED) is 0.107. The van der Waals surface area contributed by atoms with Crippen molar-refractivity contribution in [1.29, 1.82) is 0 Å². The van der Waals surface area contributed by atoms with Crippen molar-refractivity contribution in [3.8, 4) is 0 Å². The van der Waals surface area contributed by atoms with Crippen molar-refractivity contribution in [2.24, 2.45) is 11.8 Å². The molecular weight excluding hydrogens is 899 g/mol. The van der Waals surface area contributed by atoms with Crippen molar-refractivity contribution in [3.05, 3.63) is 200 Å². The molecule has 2 fully saturated rings. The van der Waals surface area contributed by atoms with Crippen molar-refractivity contribution >= 4 is 46.2 Å². The SMILES string of the molecule is CN(C)CCCN1c2ccccc2CCc2ccccc21.CN1CCN(C(c2ccccc2)c2ccc(Cl)cc2)CC1.Clc1ccccc1CNCC1CCC(CNCc2ccccc2Cl)CC1. The van der Waals surface area contributed by atoms with E-state index < -0.39 is 0 Å². The third-order valence-electron chi connectivity index (χ3n) is 13.8. The summed E-state index contributed by atoms with van der Waals surface area (Å²) in [5, 5.41) is 9.67. The molecule has 0 aromatic heterocycles. The van der Waals surface area contributed by atoms with Gasteiger partial charge in [-0.2, -0.15) is 0 Å². The zero-order valence-corrected chi connectivity index (χ0v) is 42.9. The number of anilines is 2. The van der Waals surface area contributed by atoms with E-state index in [1.54, 1.807) is 0 Å². The molecule has 1 saturated carbocycles. The van der Waals surface area contributed by atoms with Gasteiger partial charge in [0, 0.05) is 72.3 Å². The lowest BCUT2D eigenvalue weighted by atomic mass is 9.82. The lowest BCUT2D eigenvalue weighted by Gasteiger charge is -2.38. The standard InChI is InChI=1S/C22H28Cl2N2.C19H24N2.C18H21ClN2/c23-21-7-3-1-5-19(21)15-25-13-17-9-11-18(12-10-17)14-26-16-20-6-2-4-8-22(20)24;1-20(2)14-7-15-21-18-10-5-3-8-16(18)12-13-17-9-4-6-11-19(17)21;1-20-11-13-21(14-12-20)18(15-5-3-2-4-6-15)16-7-9-17(19)10-8-16/h1-8,17-18,25-26H,9-16H2;3-6,8-11H,7,12-15H2,1-2H3;2-10,18H,11-14H2,1H3. The van der Waals surface area contributed by atoms with Gasteiger partial charge in [-0.1, -0.05) is 150 Å². The van der Waals surface area contributed by atoms with E-state index >= 15 is 0 Å². The Morgan fingerprint density at radius 2 is 1.00 bits per heavy atom. The zero-order valence-electron chi connectivity index (χ0n) is 40.6. The van der Waals surface area contributed by atoms with E-state index in [9.17, 15) is 0 Å². The molecule has 2 N–H and O–H groups in total.